The van der Waals surface area contributed by atoms with Crippen LogP contribution >= 0.6 is 0 Å². The fourth-order valence-electron chi connectivity index (χ4n) is 3.22. The van der Waals surface area contributed by atoms with Crippen LogP contribution in [0.15, 0.2) is 79.1 Å². The molecule has 1 heterocycles. The van der Waals surface area contributed by atoms with E-state index in [9.17, 15) is 4.79 Å². The number of anilines is 1. The second-order valence-corrected chi connectivity index (χ2v) is 7.14. The molecule has 0 atom stereocenters. The Morgan fingerprint density at radius 3 is 2.12 bits per heavy atom. The lowest BCUT2D eigenvalue weighted by Crippen LogP contribution is -2.11. The number of hydrogen-bond acceptors (Lipinski definition) is 7. The van der Waals surface area contributed by atoms with E-state index in [0.717, 1.165) is 11.1 Å². The van der Waals surface area contributed by atoms with E-state index >= 15 is 0 Å². The Balaban J connectivity index is 1.42. The maximum Gasteiger partial charge on any atom is 0.321 e. The predicted molar refractivity (Wildman–Crippen MR) is 128 cm³/mol. The van der Waals surface area contributed by atoms with Crippen molar-refractivity contribution in [2.24, 2.45) is 0 Å². The number of ether oxygens (including phenoxy) is 4. The van der Waals surface area contributed by atoms with Gasteiger partial charge in [-0.15, -0.1) is 0 Å². The zero-order valence-electron chi connectivity index (χ0n) is 18.9. The van der Waals surface area contributed by atoms with Gasteiger partial charge in [0.05, 0.1) is 21.3 Å². The van der Waals surface area contributed by atoms with E-state index in [-0.39, 0.29) is 11.9 Å². The molecule has 0 radical (unpaired) electrons. The van der Waals surface area contributed by atoms with Gasteiger partial charge < -0.3 is 24.3 Å². The van der Waals surface area contributed by atoms with Crippen LogP contribution in [0, 0.1) is 0 Å². The third-order valence-corrected chi connectivity index (χ3v) is 5.00. The molecular formula is C26H23N3O5. The van der Waals surface area contributed by atoms with Crippen LogP contribution in [-0.4, -0.2) is 37.2 Å². The molecule has 34 heavy (non-hydrogen) atoms. The fourth-order valence-corrected chi connectivity index (χ4v) is 3.22. The van der Waals surface area contributed by atoms with Crippen LogP contribution in [0.1, 0.15) is 10.4 Å². The molecule has 0 aliphatic carbocycles. The molecule has 1 aromatic heterocycles. The second-order valence-electron chi connectivity index (χ2n) is 7.14. The lowest BCUT2D eigenvalue weighted by Gasteiger charge is -2.11. The van der Waals surface area contributed by atoms with E-state index < -0.39 is 0 Å². The van der Waals surface area contributed by atoms with Gasteiger partial charge >= 0.3 is 6.01 Å². The van der Waals surface area contributed by atoms with Crippen LogP contribution in [0.25, 0.3) is 11.1 Å². The molecular weight excluding hydrogens is 434 g/mol. The van der Waals surface area contributed by atoms with E-state index in [4.69, 9.17) is 18.9 Å². The first kappa shape index (κ1) is 22.6. The molecule has 0 spiro atoms. The van der Waals surface area contributed by atoms with Crippen molar-refractivity contribution in [1.29, 1.82) is 0 Å². The molecule has 0 fully saturated rings. The Bertz CT molecular complexity index is 1270. The first-order chi connectivity index (χ1) is 16.6. The van der Waals surface area contributed by atoms with E-state index in [2.05, 4.69) is 15.3 Å². The van der Waals surface area contributed by atoms with Crippen LogP contribution in [-0.2, 0) is 0 Å². The van der Waals surface area contributed by atoms with Gasteiger partial charge in [0.15, 0.2) is 11.5 Å². The highest BCUT2D eigenvalue weighted by atomic mass is 16.5. The van der Waals surface area contributed by atoms with E-state index in [0.29, 0.717) is 34.2 Å². The Labute approximate surface area is 197 Å². The van der Waals surface area contributed by atoms with Crippen molar-refractivity contribution in [1.82, 2.24) is 9.97 Å². The highest BCUT2D eigenvalue weighted by Crippen LogP contribution is 2.30. The summed E-state index contributed by atoms with van der Waals surface area (Å²) in [4.78, 5) is 21.2. The number of aromatic nitrogens is 2. The van der Waals surface area contributed by atoms with E-state index in [1.54, 1.807) is 76.2 Å². The molecule has 4 rings (SSSR count). The fraction of sp³-hybridized carbons (Fsp3) is 0.115. The van der Waals surface area contributed by atoms with Crippen molar-refractivity contribution in [2.75, 3.05) is 26.6 Å². The van der Waals surface area contributed by atoms with Crippen molar-refractivity contribution in [3.63, 3.8) is 0 Å². The largest absolute Gasteiger partial charge is 0.497 e. The Kier molecular flexibility index (Phi) is 6.88. The Hall–Kier alpha value is -4.59. The smallest absolute Gasteiger partial charge is 0.321 e. The van der Waals surface area contributed by atoms with Gasteiger partial charge in [-0.2, -0.15) is 0 Å². The van der Waals surface area contributed by atoms with Crippen LogP contribution in [0.3, 0.4) is 0 Å². The van der Waals surface area contributed by atoms with Crippen LogP contribution in [0.5, 0.6) is 29.0 Å². The van der Waals surface area contributed by atoms with Gasteiger partial charge in [0.1, 0.15) is 11.5 Å². The summed E-state index contributed by atoms with van der Waals surface area (Å²) in [5, 5.41) is 2.86. The molecule has 8 nitrogen and oxygen atoms in total. The summed E-state index contributed by atoms with van der Waals surface area (Å²) in [6.45, 7) is 0. The number of benzene rings is 3. The molecule has 1 amide bonds. The molecule has 0 saturated heterocycles. The number of nitrogens with zero attached hydrogens (tertiary/aromatic N) is 2. The topological polar surface area (TPSA) is 91.8 Å². The third-order valence-electron chi connectivity index (χ3n) is 5.00. The number of amides is 1. The maximum atomic E-state index is 12.6. The number of nitrogens with one attached hydrogen (secondary N) is 1. The zero-order chi connectivity index (χ0) is 23.9. The highest BCUT2D eigenvalue weighted by molar-refractivity contribution is 6.04. The van der Waals surface area contributed by atoms with Crippen molar-refractivity contribution >= 4 is 11.6 Å². The lowest BCUT2D eigenvalue weighted by molar-refractivity contribution is 0.102. The molecule has 4 aromatic rings. The van der Waals surface area contributed by atoms with Gasteiger partial charge in [-0.3, -0.25) is 4.79 Å². The molecule has 1 N–H and O–H groups in total. The molecule has 0 unspecified atom stereocenters. The number of carbonyl (C=O) groups is 1. The summed E-state index contributed by atoms with van der Waals surface area (Å²) in [7, 11) is 4.70. The van der Waals surface area contributed by atoms with E-state index in [1.807, 2.05) is 24.3 Å². The first-order valence-corrected chi connectivity index (χ1v) is 10.4. The monoisotopic (exact) mass is 457 g/mol. The van der Waals surface area contributed by atoms with E-state index in [1.165, 1.54) is 0 Å². The van der Waals surface area contributed by atoms with Crippen molar-refractivity contribution in [2.45, 2.75) is 0 Å². The normalized spacial score (nSPS) is 10.3. The summed E-state index contributed by atoms with van der Waals surface area (Å²) in [5.41, 5.74) is 2.78. The third kappa shape index (κ3) is 5.24. The van der Waals surface area contributed by atoms with Gasteiger partial charge in [-0.25, -0.2) is 9.97 Å². The molecule has 3 aromatic carbocycles. The Morgan fingerprint density at radius 1 is 0.735 bits per heavy atom. The standard InChI is InChI=1S/C26H23N3O5/c1-31-21-5-4-6-22(14-21)34-26-27-15-19(16-28-26)17-7-9-18(10-8-17)25(30)29-20-11-12-23(32-2)24(13-20)33-3/h4-16H,1-3H3,(H,29,30). The quantitative estimate of drug-likeness (QED) is 0.388. The molecule has 0 aliphatic heterocycles. The summed E-state index contributed by atoms with van der Waals surface area (Å²) in [6, 6.07) is 19.8. The number of rotatable bonds is 8. The second kappa shape index (κ2) is 10.4. The predicted octanol–water partition coefficient (Wildman–Crippen LogP) is 5.21. The molecule has 172 valence electrons. The van der Waals surface area contributed by atoms with Crippen molar-refractivity contribution < 1.29 is 23.7 Å². The lowest BCUT2D eigenvalue weighted by atomic mass is 10.1. The average molecular weight is 457 g/mol. The van der Waals surface area contributed by atoms with Crippen LogP contribution < -0.4 is 24.3 Å². The first-order valence-electron chi connectivity index (χ1n) is 10.4. The number of carbonyl (C=O) groups excluding carboxylic acids is 1. The van der Waals surface area contributed by atoms with Gasteiger partial charge in [-0.05, 0) is 42.0 Å². The van der Waals surface area contributed by atoms with Crippen molar-refractivity contribution in [3.8, 4) is 40.1 Å². The van der Waals surface area contributed by atoms with Gasteiger partial charge in [-0.1, -0.05) is 18.2 Å². The molecule has 0 aliphatic rings. The summed E-state index contributed by atoms with van der Waals surface area (Å²) in [6.07, 6.45) is 3.34. The SMILES string of the molecule is COc1cccc(Oc2ncc(-c3ccc(C(=O)Nc4ccc(OC)c(OC)c4)cc3)cn2)c1. The van der Waals surface area contributed by atoms with Gasteiger partial charge in [0.25, 0.3) is 5.91 Å². The Morgan fingerprint density at radius 2 is 1.44 bits per heavy atom. The summed E-state index contributed by atoms with van der Waals surface area (Å²) < 4.78 is 21.4. The summed E-state index contributed by atoms with van der Waals surface area (Å²) in [5.74, 6) is 2.15. The van der Waals surface area contributed by atoms with Crippen LogP contribution in [0.4, 0.5) is 5.69 Å². The number of hydrogen-bond donors (Lipinski definition) is 1. The number of methoxy groups -OCH3 is 3. The minimum absolute atomic E-state index is 0.225. The van der Waals surface area contributed by atoms with Crippen molar-refractivity contribution in [3.05, 3.63) is 84.7 Å². The molecule has 8 heteroatoms. The minimum Gasteiger partial charge on any atom is -0.497 e. The highest BCUT2D eigenvalue weighted by Gasteiger charge is 2.10. The van der Waals surface area contributed by atoms with Gasteiger partial charge in [0.2, 0.25) is 0 Å². The molecule has 0 saturated carbocycles. The minimum atomic E-state index is -0.239. The average Bonchev–Trinajstić information content (AvgIpc) is 2.89. The maximum absolute atomic E-state index is 12.6. The molecule has 0 bridgehead atoms. The van der Waals surface area contributed by atoms with Crippen LogP contribution in [0.2, 0.25) is 0 Å². The summed E-state index contributed by atoms with van der Waals surface area (Å²) >= 11 is 0. The zero-order valence-corrected chi connectivity index (χ0v) is 18.9. The van der Waals surface area contributed by atoms with Gasteiger partial charge in [0, 0.05) is 41.3 Å².